The van der Waals surface area contributed by atoms with Crippen molar-refractivity contribution in [3.05, 3.63) is 29.3 Å². The summed E-state index contributed by atoms with van der Waals surface area (Å²) in [4.78, 5) is 0. The number of anilines is 1. The maximum Gasteiger partial charge on any atom is 0.0343 e. The summed E-state index contributed by atoms with van der Waals surface area (Å²) in [5.74, 6) is 0. The third-order valence-electron chi connectivity index (χ3n) is 2.84. The van der Waals surface area contributed by atoms with Gasteiger partial charge in [0.05, 0.1) is 0 Å². The van der Waals surface area contributed by atoms with Crippen LogP contribution in [0.25, 0.3) is 0 Å². The molecule has 1 aromatic rings. The average Bonchev–Trinajstić information content (AvgIpc) is 2.18. The van der Waals surface area contributed by atoms with Crippen molar-refractivity contribution in [1.82, 2.24) is 5.32 Å². The molecule has 0 bridgehead atoms. The summed E-state index contributed by atoms with van der Waals surface area (Å²) in [6, 6.07) is 7.21. The second-order valence-electron chi connectivity index (χ2n) is 3.87. The maximum absolute atomic E-state index is 3.47. The Morgan fingerprint density at radius 3 is 3.14 bits per heavy atom. The normalized spacial score (nSPS) is 20.3. The molecule has 0 spiro atoms. The van der Waals surface area contributed by atoms with E-state index in [9.17, 15) is 0 Å². The first-order chi connectivity index (χ1) is 6.81. The second kappa shape index (κ2) is 4.01. The van der Waals surface area contributed by atoms with Crippen molar-refractivity contribution in [2.24, 2.45) is 0 Å². The largest absolute Gasteiger partial charge is 0.385 e. The van der Waals surface area contributed by atoms with Gasteiger partial charge in [-0.3, -0.25) is 0 Å². The molecule has 2 rings (SSSR count). The van der Waals surface area contributed by atoms with Gasteiger partial charge in [0.25, 0.3) is 0 Å². The highest BCUT2D eigenvalue weighted by molar-refractivity contribution is 5.50. The van der Waals surface area contributed by atoms with E-state index in [4.69, 9.17) is 0 Å². The lowest BCUT2D eigenvalue weighted by molar-refractivity contribution is 0.541. The SMILES string of the molecule is CCNc1ccc2c(c1)CCNC2C. The maximum atomic E-state index is 3.47. The van der Waals surface area contributed by atoms with Crippen LogP contribution in [0.4, 0.5) is 5.69 Å². The highest BCUT2D eigenvalue weighted by Gasteiger charge is 2.15. The Morgan fingerprint density at radius 2 is 2.36 bits per heavy atom. The summed E-state index contributed by atoms with van der Waals surface area (Å²) in [6.07, 6.45) is 1.15. The van der Waals surface area contributed by atoms with Crippen molar-refractivity contribution in [2.75, 3.05) is 18.4 Å². The van der Waals surface area contributed by atoms with Crippen molar-refractivity contribution in [2.45, 2.75) is 26.3 Å². The number of hydrogen-bond acceptors (Lipinski definition) is 2. The molecule has 0 amide bonds. The van der Waals surface area contributed by atoms with Gasteiger partial charge in [0, 0.05) is 18.3 Å². The molecule has 0 aliphatic carbocycles. The number of benzene rings is 1. The Bertz CT molecular complexity index is 320. The molecule has 1 atom stereocenters. The third kappa shape index (κ3) is 1.75. The lowest BCUT2D eigenvalue weighted by atomic mass is 9.95. The topological polar surface area (TPSA) is 24.1 Å². The molecule has 2 N–H and O–H groups in total. The summed E-state index contributed by atoms with van der Waals surface area (Å²) >= 11 is 0. The van der Waals surface area contributed by atoms with Crippen LogP contribution in [0.1, 0.15) is 31.0 Å². The van der Waals surface area contributed by atoms with Gasteiger partial charge in [-0.2, -0.15) is 0 Å². The Balaban J connectivity index is 2.29. The molecule has 2 nitrogen and oxygen atoms in total. The summed E-state index contributed by atoms with van der Waals surface area (Å²) in [5, 5.41) is 6.82. The van der Waals surface area contributed by atoms with Crippen LogP contribution in [0, 0.1) is 0 Å². The van der Waals surface area contributed by atoms with E-state index in [1.165, 1.54) is 16.8 Å². The minimum Gasteiger partial charge on any atom is -0.385 e. The molecule has 2 heteroatoms. The van der Waals surface area contributed by atoms with E-state index in [1.54, 1.807) is 0 Å². The van der Waals surface area contributed by atoms with Gasteiger partial charge in [-0.1, -0.05) is 6.07 Å². The van der Waals surface area contributed by atoms with Crippen molar-refractivity contribution in [3.8, 4) is 0 Å². The van der Waals surface area contributed by atoms with Gasteiger partial charge in [-0.15, -0.1) is 0 Å². The molecule has 0 saturated carbocycles. The van der Waals surface area contributed by atoms with Crippen LogP contribution >= 0.6 is 0 Å². The molecule has 1 unspecified atom stereocenters. The summed E-state index contributed by atoms with van der Waals surface area (Å²) in [6.45, 7) is 6.45. The predicted octanol–water partition coefficient (Wildman–Crippen LogP) is 2.33. The first kappa shape index (κ1) is 9.53. The highest BCUT2D eigenvalue weighted by Crippen LogP contribution is 2.25. The minimum atomic E-state index is 0.509. The van der Waals surface area contributed by atoms with Gasteiger partial charge in [0.1, 0.15) is 0 Å². The molecule has 0 fully saturated rings. The molecular formula is C12H18N2. The van der Waals surface area contributed by atoms with Gasteiger partial charge >= 0.3 is 0 Å². The first-order valence-electron chi connectivity index (χ1n) is 5.41. The van der Waals surface area contributed by atoms with Crippen molar-refractivity contribution >= 4 is 5.69 Å². The molecule has 0 radical (unpaired) electrons. The standard InChI is InChI=1S/C12H18N2/c1-3-13-11-4-5-12-9(2)14-7-6-10(12)8-11/h4-5,8-9,13-14H,3,6-7H2,1-2H3. The van der Waals surface area contributed by atoms with E-state index in [2.05, 4.69) is 42.7 Å². The third-order valence-corrected chi connectivity index (χ3v) is 2.84. The summed E-state index contributed by atoms with van der Waals surface area (Å²) in [7, 11) is 0. The van der Waals surface area contributed by atoms with E-state index in [-0.39, 0.29) is 0 Å². The molecule has 1 aliphatic heterocycles. The first-order valence-corrected chi connectivity index (χ1v) is 5.41. The van der Waals surface area contributed by atoms with Gasteiger partial charge in [-0.05, 0) is 50.1 Å². The Kier molecular flexibility index (Phi) is 2.73. The molecule has 1 aliphatic rings. The average molecular weight is 190 g/mol. The van der Waals surface area contributed by atoms with Crippen LogP contribution in [0.5, 0.6) is 0 Å². The second-order valence-corrected chi connectivity index (χ2v) is 3.87. The number of hydrogen-bond donors (Lipinski definition) is 2. The fourth-order valence-electron chi connectivity index (χ4n) is 2.09. The van der Waals surface area contributed by atoms with Crippen LogP contribution in [0.15, 0.2) is 18.2 Å². The zero-order valence-electron chi connectivity index (χ0n) is 8.93. The van der Waals surface area contributed by atoms with E-state index in [1.807, 2.05) is 0 Å². The van der Waals surface area contributed by atoms with Gasteiger partial charge in [-0.25, -0.2) is 0 Å². The van der Waals surface area contributed by atoms with Crippen LogP contribution in [0.3, 0.4) is 0 Å². The number of nitrogens with one attached hydrogen (secondary N) is 2. The number of fused-ring (bicyclic) bond motifs is 1. The molecular weight excluding hydrogens is 172 g/mol. The van der Waals surface area contributed by atoms with Gasteiger partial charge < -0.3 is 10.6 Å². The molecule has 0 saturated heterocycles. The fourth-order valence-corrected chi connectivity index (χ4v) is 2.09. The smallest absolute Gasteiger partial charge is 0.0343 e. The van der Waals surface area contributed by atoms with Crippen molar-refractivity contribution < 1.29 is 0 Å². The predicted molar refractivity (Wildman–Crippen MR) is 60.7 cm³/mol. The monoisotopic (exact) mass is 190 g/mol. The highest BCUT2D eigenvalue weighted by atomic mass is 14.9. The van der Waals surface area contributed by atoms with Crippen LogP contribution in [0.2, 0.25) is 0 Å². The molecule has 0 aromatic heterocycles. The van der Waals surface area contributed by atoms with Gasteiger partial charge in [0.15, 0.2) is 0 Å². The lowest BCUT2D eigenvalue weighted by Crippen LogP contribution is -2.27. The van der Waals surface area contributed by atoms with E-state index < -0.39 is 0 Å². The van der Waals surface area contributed by atoms with Crippen molar-refractivity contribution in [1.29, 1.82) is 0 Å². The zero-order valence-corrected chi connectivity index (χ0v) is 8.93. The minimum absolute atomic E-state index is 0.509. The van der Waals surface area contributed by atoms with E-state index in [0.717, 1.165) is 19.5 Å². The van der Waals surface area contributed by atoms with Gasteiger partial charge in [0.2, 0.25) is 0 Å². The van der Waals surface area contributed by atoms with Crippen LogP contribution in [-0.4, -0.2) is 13.1 Å². The Morgan fingerprint density at radius 1 is 1.50 bits per heavy atom. The fraction of sp³-hybridized carbons (Fsp3) is 0.500. The Hall–Kier alpha value is -1.02. The van der Waals surface area contributed by atoms with E-state index in [0.29, 0.717) is 6.04 Å². The van der Waals surface area contributed by atoms with Crippen molar-refractivity contribution in [3.63, 3.8) is 0 Å². The molecule has 76 valence electrons. The van der Waals surface area contributed by atoms with Crippen LogP contribution in [-0.2, 0) is 6.42 Å². The lowest BCUT2D eigenvalue weighted by Gasteiger charge is -2.24. The summed E-state index contributed by atoms with van der Waals surface area (Å²) in [5.41, 5.74) is 4.20. The number of rotatable bonds is 2. The quantitative estimate of drug-likeness (QED) is 0.748. The summed E-state index contributed by atoms with van der Waals surface area (Å²) < 4.78 is 0. The molecule has 1 aromatic carbocycles. The molecule has 14 heavy (non-hydrogen) atoms. The zero-order chi connectivity index (χ0) is 9.97. The molecule has 1 heterocycles. The Labute approximate surface area is 85.7 Å². The van der Waals surface area contributed by atoms with E-state index >= 15 is 0 Å². The van der Waals surface area contributed by atoms with Crippen LogP contribution < -0.4 is 10.6 Å².